The Labute approximate surface area is 60.0 Å². The molecule has 0 aromatic carbocycles. The maximum Gasteiger partial charge on any atom is 0.302 e. The Kier molecular flexibility index (Phi) is 2.27. The van der Waals surface area contributed by atoms with Crippen LogP contribution in [0.5, 0.6) is 0 Å². The second-order valence-electron chi connectivity index (χ2n) is 2.65. The number of carbonyl (C=O) groups is 1. The van der Waals surface area contributed by atoms with E-state index in [2.05, 4.69) is 0 Å². The van der Waals surface area contributed by atoms with E-state index in [1.54, 1.807) is 0 Å². The van der Waals surface area contributed by atoms with Crippen LogP contribution in [0.2, 0.25) is 0 Å². The number of esters is 1. The van der Waals surface area contributed by atoms with Crippen LogP contribution >= 0.6 is 0 Å². The Bertz CT molecular complexity index is 133. The maximum atomic E-state index is 10.4. The summed E-state index contributed by atoms with van der Waals surface area (Å²) < 4.78 is 4.83. The summed E-state index contributed by atoms with van der Waals surface area (Å²) >= 11 is 0. The molecule has 10 heavy (non-hydrogen) atoms. The molecule has 2 atom stereocenters. The van der Waals surface area contributed by atoms with Gasteiger partial charge in [-0.05, 0) is 19.3 Å². The van der Waals surface area contributed by atoms with Gasteiger partial charge in [0, 0.05) is 6.92 Å². The number of hydrogen-bond donors (Lipinski definition) is 1. The molecule has 1 N–H and O–H groups in total. The van der Waals surface area contributed by atoms with Crippen LogP contribution in [-0.2, 0) is 9.53 Å². The molecule has 0 heterocycles. The molecule has 3 heteroatoms. The molecule has 0 unspecified atom stereocenters. The quantitative estimate of drug-likeness (QED) is 0.544. The second kappa shape index (κ2) is 3.01. The first-order chi connectivity index (χ1) is 4.70. The van der Waals surface area contributed by atoms with Gasteiger partial charge in [-0.2, -0.15) is 0 Å². The Balaban J connectivity index is 2.33. The van der Waals surface area contributed by atoms with Crippen molar-refractivity contribution in [2.75, 3.05) is 0 Å². The molecule has 58 valence electrons. The summed E-state index contributed by atoms with van der Waals surface area (Å²) in [5, 5.41) is 9.16. The van der Waals surface area contributed by atoms with Gasteiger partial charge in [-0.3, -0.25) is 4.79 Å². The zero-order valence-corrected chi connectivity index (χ0v) is 6.04. The fourth-order valence-corrected chi connectivity index (χ4v) is 1.26. The number of aliphatic hydroxyl groups excluding tert-OH is 1. The van der Waals surface area contributed by atoms with Crippen LogP contribution < -0.4 is 0 Å². The topological polar surface area (TPSA) is 46.5 Å². The van der Waals surface area contributed by atoms with E-state index in [9.17, 15) is 4.79 Å². The van der Waals surface area contributed by atoms with Crippen molar-refractivity contribution in [2.45, 2.75) is 38.4 Å². The highest BCUT2D eigenvalue weighted by molar-refractivity contribution is 5.66. The normalized spacial score (nSPS) is 32.2. The monoisotopic (exact) mass is 144 g/mol. The Hall–Kier alpha value is -0.570. The van der Waals surface area contributed by atoms with Crippen molar-refractivity contribution in [2.24, 2.45) is 0 Å². The summed E-state index contributed by atoms with van der Waals surface area (Å²) in [4.78, 5) is 10.4. The largest absolute Gasteiger partial charge is 0.460 e. The lowest BCUT2D eigenvalue weighted by Gasteiger charge is -2.13. The van der Waals surface area contributed by atoms with Gasteiger partial charge in [0.05, 0.1) is 6.10 Å². The molecule has 0 spiro atoms. The third-order valence-corrected chi connectivity index (χ3v) is 1.74. The average Bonchev–Trinajstić information content (AvgIpc) is 2.15. The molecule has 0 aromatic heterocycles. The minimum atomic E-state index is -0.427. The summed E-state index contributed by atoms with van der Waals surface area (Å²) in [6.07, 6.45) is 1.86. The van der Waals surface area contributed by atoms with Crippen molar-refractivity contribution >= 4 is 5.97 Å². The Morgan fingerprint density at radius 2 is 2.30 bits per heavy atom. The highest BCUT2D eigenvalue weighted by Gasteiger charge is 2.27. The number of hydrogen-bond acceptors (Lipinski definition) is 3. The molecule has 0 radical (unpaired) electrons. The molecule has 1 rings (SSSR count). The number of aliphatic hydroxyl groups is 1. The summed E-state index contributed by atoms with van der Waals surface area (Å²) in [6.45, 7) is 1.37. The first-order valence-corrected chi connectivity index (χ1v) is 3.55. The van der Waals surface area contributed by atoms with Gasteiger partial charge in [0.25, 0.3) is 0 Å². The molecule has 0 saturated heterocycles. The van der Waals surface area contributed by atoms with Crippen LogP contribution in [0.15, 0.2) is 0 Å². The molecule has 0 aromatic rings. The van der Waals surface area contributed by atoms with Gasteiger partial charge >= 0.3 is 5.97 Å². The van der Waals surface area contributed by atoms with E-state index in [4.69, 9.17) is 9.84 Å². The number of carbonyl (C=O) groups excluding carboxylic acids is 1. The molecule has 0 bridgehead atoms. The lowest BCUT2D eigenvalue weighted by atomic mass is 10.3. The zero-order chi connectivity index (χ0) is 7.56. The molecular formula is C7H12O3. The number of rotatable bonds is 1. The minimum absolute atomic E-state index is 0.238. The van der Waals surface area contributed by atoms with Gasteiger partial charge in [0.15, 0.2) is 0 Å². The van der Waals surface area contributed by atoms with Crippen LogP contribution in [0, 0.1) is 0 Å². The van der Waals surface area contributed by atoms with E-state index in [0.29, 0.717) is 0 Å². The average molecular weight is 144 g/mol. The van der Waals surface area contributed by atoms with Gasteiger partial charge in [-0.15, -0.1) is 0 Å². The van der Waals surface area contributed by atoms with E-state index in [1.165, 1.54) is 6.92 Å². The summed E-state index contributed by atoms with van der Waals surface area (Å²) in [5.74, 6) is -0.300. The van der Waals surface area contributed by atoms with Crippen molar-refractivity contribution in [3.63, 3.8) is 0 Å². The van der Waals surface area contributed by atoms with Crippen molar-refractivity contribution in [3.05, 3.63) is 0 Å². The molecule has 0 aliphatic heterocycles. The summed E-state index contributed by atoms with van der Waals surface area (Å²) in [6, 6.07) is 0. The Morgan fingerprint density at radius 3 is 2.70 bits per heavy atom. The zero-order valence-electron chi connectivity index (χ0n) is 6.04. The van der Waals surface area contributed by atoms with E-state index < -0.39 is 6.10 Å². The van der Waals surface area contributed by atoms with Gasteiger partial charge in [-0.25, -0.2) is 0 Å². The molecular weight excluding hydrogens is 132 g/mol. The van der Waals surface area contributed by atoms with Crippen molar-refractivity contribution in [3.8, 4) is 0 Å². The lowest BCUT2D eigenvalue weighted by Crippen LogP contribution is -2.24. The predicted octanol–water partition coefficient (Wildman–Crippen LogP) is 0.463. The molecule has 1 aliphatic rings. The fourth-order valence-electron chi connectivity index (χ4n) is 1.26. The Morgan fingerprint density at radius 1 is 1.60 bits per heavy atom. The first kappa shape index (κ1) is 7.54. The summed E-state index contributed by atoms with van der Waals surface area (Å²) in [7, 11) is 0. The van der Waals surface area contributed by atoms with E-state index in [1.807, 2.05) is 0 Å². The molecule has 1 saturated carbocycles. The predicted molar refractivity (Wildman–Crippen MR) is 35.4 cm³/mol. The first-order valence-electron chi connectivity index (χ1n) is 3.55. The van der Waals surface area contributed by atoms with Crippen molar-refractivity contribution in [1.29, 1.82) is 0 Å². The fraction of sp³-hybridized carbons (Fsp3) is 0.857. The van der Waals surface area contributed by atoms with Crippen LogP contribution in [0.1, 0.15) is 26.2 Å². The lowest BCUT2D eigenvalue weighted by molar-refractivity contribution is -0.150. The smallest absolute Gasteiger partial charge is 0.302 e. The van der Waals surface area contributed by atoms with Gasteiger partial charge in [0.1, 0.15) is 6.10 Å². The summed E-state index contributed by atoms with van der Waals surface area (Å²) in [5.41, 5.74) is 0. The van der Waals surface area contributed by atoms with Crippen LogP contribution in [0.4, 0.5) is 0 Å². The highest BCUT2D eigenvalue weighted by Crippen LogP contribution is 2.21. The third-order valence-electron chi connectivity index (χ3n) is 1.74. The third kappa shape index (κ3) is 1.70. The van der Waals surface area contributed by atoms with Crippen LogP contribution in [0.25, 0.3) is 0 Å². The van der Waals surface area contributed by atoms with Gasteiger partial charge < -0.3 is 9.84 Å². The highest BCUT2D eigenvalue weighted by atomic mass is 16.6. The minimum Gasteiger partial charge on any atom is -0.460 e. The standard InChI is InChI=1S/C7H12O3/c1-5(8)10-7-4-2-3-6(7)9/h6-7,9H,2-4H2,1H3/t6-,7+/m0/s1. The maximum absolute atomic E-state index is 10.4. The second-order valence-corrected chi connectivity index (χ2v) is 2.65. The van der Waals surface area contributed by atoms with Crippen LogP contribution in [0.3, 0.4) is 0 Å². The van der Waals surface area contributed by atoms with Crippen molar-refractivity contribution < 1.29 is 14.6 Å². The van der Waals surface area contributed by atoms with E-state index in [-0.39, 0.29) is 12.1 Å². The molecule has 1 aliphatic carbocycles. The van der Waals surface area contributed by atoms with Gasteiger partial charge in [0.2, 0.25) is 0 Å². The SMILES string of the molecule is CC(=O)O[C@@H]1CCC[C@@H]1O. The molecule has 0 amide bonds. The van der Waals surface area contributed by atoms with Crippen molar-refractivity contribution in [1.82, 2.24) is 0 Å². The van der Waals surface area contributed by atoms with E-state index in [0.717, 1.165) is 19.3 Å². The van der Waals surface area contributed by atoms with Gasteiger partial charge in [-0.1, -0.05) is 0 Å². The molecule has 3 nitrogen and oxygen atoms in total. The number of ether oxygens (including phenoxy) is 1. The van der Waals surface area contributed by atoms with E-state index >= 15 is 0 Å². The molecule has 1 fully saturated rings. The van der Waals surface area contributed by atoms with Crippen LogP contribution in [-0.4, -0.2) is 23.3 Å².